The van der Waals surface area contributed by atoms with Gasteiger partial charge in [-0.3, -0.25) is 0 Å². The lowest BCUT2D eigenvalue weighted by Gasteiger charge is -2.17. The first-order valence-corrected chi connectivity index (χ1v) is 7.39. The molecule has 2 nitrogen and oxygen atoms in total. The van der Waals surface area contributed by atoms with Gasteiger partial charge in [0.15, 0.2) is 0 Å². The molecule has 0 spiro atoms. The summed E-state index contributed by atoms with van der Waals surface area (Å²) in [5, 5.41) is 5.62. The molecule has 0 saturated heterocycles. The maximum absolute atomic E-state index is 4.28. The molecule has 1 aromatic carbocycles. The van der Waals surface area contributed by atoms with Crippen LogP contribution >= 0.6 is 27.3 Å². The largest absolute Gasteiger partial charge is 0.304 e. The van der Waals surface area contributed by atoms with Gasteiger partial charge in [0.1, 0.15) is 0 Å². The van der Waals surface area contributed by atoms with Crippen LogP contribution in [-0.2, 0) is 6.54 Å². The zero-order valence-corrected chi connectivity index (χ0v) is 12.1. The smallest absolute Gasteiger partial charge is 0.0795 e. The van der Waals surface area contributed by atoms with Gasteiger partial charge in [-0.2, -0.15) is 0 Å². The lowest BCUT2D eigenvalue weighted by molar-refractivity contribution is 0.515. The first-order valence-electron chi connectivity index (χ1n) is 5.65. The molecule has 1 atom stereocenters. The van der Waals surface area contributed by atoms with Gasteiger partial charge in [0, 0.05) is 22.4 Å². The molecular weight excluding hydrogens is 296 g/mol. The minimum atomic E-state index is 0.384. The number of nitrogens with one attached hydrogen (secondary N) is 1. The van der Waals surface area contributed by atoms with Crippen LogP contribution in [-0.4, -0.2) is 4.98 Å². The highest BCUT2D eigenvalue weighted by molar-refractivity contribution is 9.10. The molecule has 0 aliphatic heterocycles. The lowest BCUT2D eigenvalue weighted by atomic mass is 10.0. The number of aromatic nitrogens is 1. The molecule has 4 heteroatoms. The van der Waals surface area contributed by atoms with E-state index in [1.807, 2.05) is 5.51 Å². The average molecular weight is 311 g/mol. The van der Waals surface area contributed by atoms with Gasteiger partial charge >= 0.3 is 0 Å². The molecule has 90 valence electrons. The van der Waals surface area contributed by atoms with Gasteiger partial charge in [-0.05, 0) is 24.1 Å². The molecule has 0 aliphatic carbocycles. The molecule has 1 aromatic heterocycles. The number of benzene rings is 1. The summed E-state index contributed by atoms with van der Waals surface area (Å²) in [6.07, 6.45) is 1.07. The van der Waals surface area contributed by atoms with Crippen molar-refractivity contribution in [3.63, 3.8) is 0 Å². The minimum Gasteiger partial charge on any atom is -0.304 e. The second-order valence-electron chi connectivity index (χ2n) is 3.88. The maximum Gasteiger partial charge on any atom is 0.0795 e. The molecule has 2 rings (SSSR count). The molecule has 0 bridgehead atoms. The Hall–Kier alpha value is -0.710. The lowest BCUT2D eigenvalue weighted by Crippen LogP contribution is -2.20. The van der Waals surface area contributed by atoms with Crippen molar-refractivity contribution in [2.24, 2.45) is 0 Å². The van der Waals surface area contributed by atoms with Gasteiger partial charge in [-0.25, -0.2) is 4.98 Å². The summed E-state index contributed by atoms with van der Waals surface area (Å²) in [6, 6.07) is 8.84. The topological polar surface area (TPSA) is 24.9 Å². The van der Waals surface area contributed by atoms with E-state index >= 15 is 0 Å². The summed E-state index contributed by atoms with van der Waals surface area (Å²) < 4.78 is 1.13. The van der Waals surface area contributed by atoms with Crippen molar-refractivity contribution in [2.45, 2.75) is 25.9 Å². The van der Waals surface area contributed by atoms with Crippen LogP contribution in [0.3, 0.4) is 0 Å². The Morgan fingerprint density at radius 3 is 3.00 bits per heavy atom. The van der Waals surface area contributed by atoms with Crippen LogP contribution < -0.4 is 5.32 Å². The van der Waals surface area contributed by atoms with Crippen molar-refractivity contribution in [2.75, 3.05) is 0 Å². The molecule has 0 saturated carbocycles. The molecule has 0 aliphatic rings. The van der Waals surface area contributed by atoms with E-state index in [2.05, 4.69) is 62.8 Å². The van der Waals surface area contributed by atoms with Crippen molar-refractivity contribution >= 4 is 27.3 Å². The van der Waals surface area contributed by atoms with Crippen molar-refractivity contribution in [1.29, 1.82) is 0 Å². The third-order valence-corrected chi connectivity index (χ3v) is 3.80. The summed E-state index contributed by atoms with van der Waals surface area (Å²) in [6.45, 7) is 3.02. The highest BCUT2D eigenvalue weighted by atomic mass is 79.9. The van der Waals surface area contributed by atoms with Crippen LogP contribution in [0.15, 0.2) is 39.6 Å². The normalized spacial score (nSPS) is 12.6. The number of nitrogens with zero attached hydrogens (tertiary/aromatic N) is 1. The minimum absolute atomic E-state index is 0.384. The van der Waals surface area contributed by atoms with Gasteiger partial charge in [0.05, 0.1) is 11.2 Å². The quantitative estimate of drug-likeness (QED) is 0.897. The molecular formula is C13H15BrN2S. The maximum atomic E-state index is 4.28. The van der Waals surface area contributed by atoms with Crippen LogP contribution in [0.25, 0.3) is 0 Å². The van der Waals surface area contributed by atoms with Crippen LogP contribution in [0.4, 0.5) is 0 Å². The molecule has 1 N–H and O–H groups in total. The van der Waals surface area contributed by atoms with Crippen molar-refractivity contribution < 1.29 is 0 Å². The second-order valence-corrected chi connectivity index (χ2v) is 5.51. The zero-order valence-electron chi connectivity index (χ0n) is 9.69. The van der Waals surface area contributed by atoms with E-state index in [-0.39, 0.29) is 0 Å². The van der Waals surface area contributed by atoms with E-state index < -0.39 is 0 Å². The second kappa shape index (κ2) is 6.28. The molecule has 2 aromatic rings. The Bertz CT molecular complexity index is 456. The Balaban J connectivity index is 2.01. The predicted molar refractivity (Wildman–Crippen MR) is 76.1 cm³/mol. The standard InChI is InChI=1S/C13H15BrN2S/c1-2-13(10-4-3-5-11(14)6-10)15-7-12-8-17-9-16-12/h3-6,8-9,13,15H,2,7H2,1H3. The van der Waals surface area contributed by atoms with Crippen molar-refractivity contribution in [3.05, 3.63) is 50.9 Å². The number of hydrogen-bond acceptors (Lipinski definition) is 3. The molecule has 0 fully saturated rings. The summed E-state index contributed by atoms with van der Waals surface area (Å²) in [5.41, 5.74) is 4.30. The molecule has 1 unspecified atom stereocenters. The number of thiazole rings is 1. The van der Waals surface area contributed by atoms with Crippen LogP contribution in [0.2, 0.25) is 0 Å². The Morgan fingerprint density at radius 2 is 2.35 bits per heavy atom. The van der Waals surface area contributed by atoms with Crippen LogP contribution in [0, 0.1) is 0 Å². The van der Waals surface area contributed by atoms with Gasteiger partial charge in [-0.1, -0.05) is 35.0 Å². The number of rotatable bonds is 5. The molecule has 17 heavy (non-hydrogen) atoms. The van der Waals surface area contributed by atoms with Crippen molar-refractivity contribution in [3.8, 4) is 0 Å². The van der Waals surface area contributed by atoms with Gasteiger partial charge in [0.25, 0.3) is 0 Å². The van der Waals surface area contributed by atoms with E-state index in [1.165, 1.54) is 5.56 Å². The fourth-order valence-corrected chi connectivity index (χ4v) is 2.75. The third kappa shape index (κ3) is 3.63. The van der Waals surface area contributed by atoms with Gasteiger partial charge < -0.3 is 5.32 Å². The van der Waals surface area contributed by atoms with E-state index in [4.69, 9.17) is 0 Å². The zero-order chi connectivity index (χ0) is 12.1. The summed E-state index contributed by atoms with van der Waals surface area (Å²) >= 11 is 5.15. The first kappa shape index (κ1) is 12.7. The highest BCUT2D eigenvalue weighted by Gasteiger charge is 2.09. The third-order valence-electron chi connectivity index (χ3n) is 2.67. The van der Waals surface area contributed by atoms with Gasteiger partial charge in [0.2, 0.25) is 0 Å². The molecule has 0 radical (unpaired) electrons. The van der Waals surface area contributed by atoms with Crippen molar-refractivity contribution in [1.82, 2.24) is 10.3 Å². The molecule has 1 heterocycles. The first-order chi connectivity index (χ1) is 8.29. The van der Waals surface area contributed by atoms with E-state index in [0.717, 1.165) is 23.1 Å². The fraction of sp³-hybridized carbons (Fsp3) is 0.308. The summed E-state index contributed by atoms with van der Waals surface area (Å²) in [7, 11) is 0. The Morgan fingerprint density at radius 1 is 1.47 bits per heavy atom. The van der Waals surface area contributed by atoms with Crippen LogP contribution in [0.5, 0.6) is 0 Å². The Labute approximate surface area is 114 Å². The summed E-state index contributed by atoms with van der Waals surface area (Å²) in [5.74, 6) is 0. The number of hydrogen-bond donors (Lipinski definition) is 1. The fourth-order valence-electron chi connectivity index (χ4n) is 1.77. The SMILES string of the molecule is CCC(NCc1cscn1)c1cccc(Br)c1. The summed E-state index contributed by atoms with van der Waals surface area (Å²) in [4.78, 5) is 4.28. The average Bonchev–Trinajstić information content (AvgIpc) is 2.83. The van der Waals surface area contributed by atoms with E-state index in [1.54, 1.807) is 11.3 Å². The van der Waals surface area contributed by atoms with Gasteiger partial charge in [-0.15, -0.1) is 11.3 Å². The molecule has 0 amide bonds. The van der Waals surface area contributed by atoms with E-state index in [0.29, 0.717) is 6.04 Å². The Kier molecular flexibility index (Phi) is 4.71. The monoisotopic (exact) mass is 310 g/mol. The number of halogens is 1. The van der Waals surface area contributed by atoms with E-state index in [9.17, 15) is 0 Å². The van der Waals surface area contributed by atoms with Crippen LogP contribution in [0.1, 0.15) is 30.6 Å². The predicted octanol–water partition coefficient (Wildman–Crippen LogP) is 4.15. The highest BCUT2D eigenvalue weighted by Crippen LogP contribution is 2.21.